The molecule has 0 saturated heterocycles. The molecule has 0 N–H and O–H groups in total. The molecule has 3 heteroatoms. The van der Waals surface area contributed by atoms with Crippen LogP contribution < -0.4 is 0 Å². The molecule has 21 heavy (non-hydrogen) atoms. The predicted octanol–water partition coefficient (Wildman–Crippen LogP) is 4.12. The molecule has 0 atom stereocenters. The Bertz CT molecular complexity index is 632. The lowest BCUT2D eigenvalue weighted by Crippen LogP contribution is -2.23. The number of hydrogen-bond acceptors (Lipinski definition) is 3. The maximum atomic E-state index is 11.9. The zero-order chi connectivity index (χ0) is 15.5. The standard InChI is InChI=1S/C18H18O3/c1-18(2,3)21-17(20)16-10-8-15(9-11-16)14-6-4-13(12-19)5-7-14/h4-12H,1-3H3. The molecular weight excluding hydrogens is 264 g/mol. The van der Waals surface area contributed by atoms with Crippen molar-refractivity contribution in [1.29, 1.82) is 0 Å². The van der Waals surface area contributed by atoms with Crippen LogP contribution >= 0.6 is 0 Å². The van der Waals surface area contributed by atoms with Crippen molar-refractivity contribution < 1.29 is 14.3 Å². The van der Waals surface area contributed by atoms with Crippen LogP contribution in [0.5, 0.6) is 0 Å². The predicted molar refractivity (Wildman–Crippen MR) is 82.4 cm³/mol. The van der Waals surface area contributed by atoms with E-state index in [-0.39, 0.29) is 5.97 Å². The van der Waals surface area contributed by atoms with Crippen molar-refractivity contribution >= 4 is 12.3 Å². The first-order chi connectivity index (χ1) is 9.89. The second kappa shape index (κ2) is 5.92. The highest BCUT2D eigenvalue weighted by atomic mass is 16.6. The average Bonchev–Trinajstić information content (AvgIpc) is 2.46. The molecule has 108 valence electrons. The molecule has 0 aliphatic rings. The van der Waals surface area contributed by atoms with Crippen LogP contribution in [0.15, 0.2) is 48.5 Å². The second-order valence-corrected chi connectivity index (χ2v) is 5.82. The van der Waals surface area contributed by atoms with Crippen LogP contribution in [0.25, 0.3) is 11.1 Å². The monoisotopic (exact) mass is 282 g/mol. The first-order valence-corrected chi connectivity index (χ1v) is 6.78. The van der Waals surface area contributed by atoms with Crippen molar-refractivity contribution in [2.24, 2.45) is 0 Å². The third-order valence-corrected chi connectivity index (χ3v) is 2.90. The number of carbonyl (C=O) groups is 2. The van der Waals surface area contributed by atoms with Crippen molar-refractivity contribution in [1.82, 2.24) is 0 Å². The molecule has 3 nitrogen and oxygen atoms in total. The Morgan fingerprint density at radius 3 is 1.81 bits per heavy atom. The molecule has 0 spiro atoms. The molecule has 0 amide bonds. The molecule has 2 aromatic carbocycles. The van der Waals surface area contributed by atoms with E-state index in [2.05, 4.69) is 0 Å². The van der Waals surface area contributed by atoms with Gasteiger partial charge in [-0.25, -0.2) is 4.79 Å². The van der Waals surface area contributed by atoms with Gasteiger partial charge < -0.3 is 4.74 Å². The number of benzene rings is 2. The summed E-state index contributed by atoms with van der Waals surface area (Å²) in [6.45, 7) is 5.52. The Balaban J connectivity index is 2.18. The summed E-state index contributed by atoms with van der Waals surface area (Å²) in [7, 11) is 0. The van der Waals surface area contributed by atoms with Crippen LogP contribution in [0.2, 0.25) is 0 Å². The topological polar surface area (TPSA) is 43.4 Å². The van der Waals surface area contributed by atoms with Crippen molar-refractivity contribution in [3.8, 4) is 11.1 Å². The van der Waals surface area contributed by atoms with E-state index in [1.165, 1.54) is 0 Å². The summed E-state index contributed by atoms with van der Waals surface area (Å²) in [5.74, 6) is -0.328. The Kier molecular flexibility index (Phi) is 4.22. The fourth-order valence-corrected chi connectivity index (χ4v) is 1.89. The second-order valence-electron chi connectivity index (χ2n) is 5.82. The maximum Gasteiger partial charge on any atom is 0.338 e. The minimum atomic E-state index is -0.500. The Labute approximate surface area is 124 Å². The van der Waals surface area contributed by atoms with Crippen LogP contribution in [-0.4, -0.2) is 17.9 Å². The Morgan fingerprint density at radius 1 is 0.905 bits per heavy atom. The van der Waals surface area contributed by atoms with E-state index >= 15 is 0 Å². The van der Waals surface area contributed by atoms with Gasteiger partial charge >= 0.3 is 5.97 Å². The minimum absolute atomic E-state index is 0.328. The highest BCUT2D eigenvalue weighted by Crippen LogP contribution is 2.21. The van der Waals surface area contributed by atoms with E-state index in [9.17, 15) is 9.59 Å². The third kappa shape index (κ3) is 4.02. The van der Waals surface area contributed by atoms with Gasteiger partial charge in [-0.05, 0) is 44.0 Å². The third-order valence-electron chi connectivity index (χ3n) is 2.90. The van der Waals surface area contributed by atoms with Gasteiger partial charge in [0.2, 0.25) is 0 Å². The largest absolute Gasteiger partial charge is 0.456 e. The summed E-state index contributed by atoms with van der Waals surface area (Å²) in [6, 6.07) is 14.5. The van der Waals surface area contributed by atoms with Crippen LogP contribution in [0.1, 0.15) is 41.5 Å². The molecule has 0 heterocycles. The fourth-order valence-electron chi connectivity index (χ4n) is 1.89. The quantitative estimate of drug-likeness (QED) is 0.628. The molecule has 0 aliphatic carbocycles. The SMILES string of the molecule is CC(C)(C)OC(=O)c1ccc(-c2ccc(C=O)cc2)cc1. The lowest BCUT2D eigenvalue weighted by molar-refractivity contribution is 0.00695. The molecule has 0 aromatic heterocycles. The zero-order valence-electron chi connectivity index (χ0n) is 12.4. The summed E-state index contributed by atoms with van der Waals surface area (Å²) in [5.41, 5.74) is 2.65. The number of aldehydes is 1. The van der Waals surface area contributed by atoms with Crippen LogP contribution in [0.3, 0.4) is 0 Å². The summed E-state index contributed by atoms with van der Waals surface area (Å²) in [5, 5.41) is 0. The smallest absolute Gasteiger partial charge is 0.338 e. The van der Waals surface area contributed by atoms with Gasteiger partial charge in [0.25, 0.3) is 0 Å². The highest BCUT2D eigenvalue weighted by Gasteiger charge is 2.17. The summed E-state index contributed by atoms with van der Waals surface area (Å²) in [6.07, 6.45) is 0.815. The zero-order valence-corrected chi connectivity index (χ0v) is 12.4. The van der Waals surface area contributed by atoms with E-state index in [1.807, 2.05) is 45.0 Å². The molecular formula is C18H18O3. The fraction of sp³-hybridized carbons (Fsp3) is 0.222. The van der Waals surface area contributed by atoms with Crippen molar-refractivity contribution in [3.63, 3.8) is 0 Å². The lowest BCUT2D eigenvalue weighted by Gasteiger charge is -2.19. The lowest BCUT2D eigenvalue weighted by atomic mass is 10.0. The van der Waals surface area contributed by atoms with Gasteiger partial charge in [0.15, 0.2) is 0 Å². The summed E-state index contributed by atoms with van der Waals surface area (Å²) in [4.78, 5) is 22.6. The number of ether oxygens (including phenoxy) is 1. The number of esters is 1. The Morgan fingerprint density at radius 2 is 1.38 bits per heavy atom. The van der Waals surface area contributed by atoms with E-state index in [1.54, 1.807) is 24.3 Å². The van der Waals surface area contributed by atoms with Gasteiger partial charge in [-0.1, -0.05) is 36.4 Å². The van der Waals surface area contributed by atoms with Gasteiger partial charge in [-0.2, -0.15) is 0 Å². The van der Waals surface area contributed by atoms with E-state index in [0.29, 0.717) is 11.1 Å². The maximum absolute atomic E-state index is 11.9. The van der Waals surface area contributed by atoms with Crippen molar-refractivity contribution in [3.05, 3.63) is 59.7 Å². The number of rotatable bonds is 3. The molecule has 0 saturated carbocycles. The molecule has 0 aliphatic heterocycles. The Hall–Kier alpha value is -2.42. The van der Waals surface area contributed by atoms with Gasteiger partial charge in [0.1, 0.15) is 11.9 Å². The first-order valence-electron chi connectivity index (χ1n) is 6.78. The molecule has 0 radical (unpaired) electrons. The van der Waals surface area contributed by atoms with E-state index in [4.69, 9.17) is 4.74 Å². The number of carbonyl (C=O) groups excluding carboxylic acids is 2. The molecule has 0 bridgehead atoms. The van der Waals surface area contributed by atoms with Gasteiger partial charge in [-0.3, -0.25) is 4.79 Å². The van der Waals surface area contributed by atoms with Crippen LogP contribution in [0.4, 0.5) is 0 Å². The van der Waals surface area contributed by atoms with Gasteiger partial charge in [0.05, 0.1) is 5.56 Å². The van der Waals surface area contributed by atoms with Crippen molar-refractivity contribution in [2.45, 2.75) is 26.4 Å². The number of hydrogen-bond donors (Lipinski definition) is 0. The minimum Gasteiger partial charge on any atom is -0.456 e. The van der Waals surface area contributed by atoms with Crippen molar-refractivity contribution in [2.75, 3.05) is 0 Å². The average molecular weight is 282 g/mol. The molecule has 2 aromatic rings. The summed E-state index contributed by atoms with van der Waals surface area (Å²) < 4.78 is 5.32. The highest BCUT2D eigenvalue weighted by molar-refractivity contribution is 5.90. The van der Waals surface area contributed by atoms with E-state index < -0.39 is 5.60 Å². The van der Waals surface area contributed by atoms with Crippen LogP contribution in [0, 0.1) is 0 Å². The van der Waals surface area contributed by atoms with Gasteiger partial charge in [-0.15, -0.1) is 0 Å². The van der Waals surface area contributed by atoms with E-state index in [0.717, 1.165) is 17.4 Å². The molecule has 0 fully saturated rings. The summed E-state index contributed by atoms with van der Waals surface area (Å²) >= 11 is 0. The van der Waals surface area contributed by atoms with Crippen LogP contribution in [-0.2, 0) is 4.74 Å². The molecule has 0 unspecified atom stereocenters. The van der Waals surface area contributed by atoms with Gasteiger partial charge in [0, 0.05) is 5.56 Å². The normalized spacial score (nSPS) is 11.0. The first kappa shape index (κ1) is 15.0. The molecule has 2 rings (SSSR count).